The molecule has 1 radical (unpaired) electrons. The van der Waals surface area contributed by atoms with Crippen molar-refractivity contribution in [2.45, 2.75) is 103 Å². The third kappa shape index (κ3) is 7.64. The van der Waals surface area contributed by atoms with Crippen molar-refractivity contribution in [1.29, 1.82) is 0 Å². The SMILES string of the molecule is CCCc1c(Cc2ccc(-c3ccccc3-c3noc(=O)[nH]3)cc2)c(=O)n(C2CCC(OC(C)C(C)(C)O)CC2)c2nc(C)nn12.[K]. The van der Waals surface area contributed by atoms with Crippen LogP contribution in [0.3, 0.4) is 0 Å². The number of rotatable bonds is 10. The fourth-order valence-electron chi connectivity index (χ4n) is 6.42. The third-order valence-electron chi connectivity index (χ3n) is 9.15. The molecule has 0 bridgehead atoms. The number of nitrogens with zero attached hydrogens (tertiary/aromatic N) is 5. The molecular formula is C35H42KN6O5. The van der Waals surface area contributed by atoms with Crippen LogP contribution < -0.4 is 11.3 Å². The van der Waals surface area contributed by atoms with Crippen molar-refractivity contribution in [3.05, 3.63) is 92.1 Å². The first kappa shape index (κ1) is 35.6. The Balaban J connectivity index is 0.00000433. The zero-order chi connectivity index (χ0) is 32.6. The number of aliphatic hydroxyl groups is 1. The van der Waals surface area contributed by atoms with E-state index in [1.54, 1.807) is 13.8 Å². The average molecular weight is 666 g/mol. The maximum absolute atomic E-state index is 14.4. The second-order valence-corrected chi connectivity index (χ2v) is 12.9. The molecule has 5 aromatic rings. The fourth-order valence-corrected chi connectivity index (χ4v) is 6.42. The average Bonchev–Trinajstić information content (AvgIpc) is 3.64. The summed E-state index contributed by atoms with van der Waals surface area (Å²) in [6, 6.07) is 15.8. The van der Waals surface area contributed by atoms with E-state index in [-0.39, 0.29) is 75.2 Å². The number of nitrogens with one attached hydrogen (secondary N) is 1. The van der Waals surface area contributed by atoms with Crippen LogP contribution in [0.4, 0.5) is 0 Å². The number of hydrogen-bond donors (Lipinski definition) is 2. The van der Waals surface area contributed by atoms with Crippen LogP contribution >= 0.6 is 0 Å². The Kier molecular flexibility index (Phi) is 11.2. The van der Waals surface area contributed by atoms with Gasteiger partial charge in [-0.15, -0.1) is 0 Å². The van der Waals surface area contributed by atoms with E-state index in [1.165, 1.54) is 0 Å². The summed E-state index contributed by atoms with van der Waals surface area (Å²) in [6.45, 7) is 9.41. The number of aromatic amines is 1. The molecule has 6 rings (SSSR count). The first-order chi connectivity index (χ1) is 22.0. The van der Waals surface area contributed by atoms with Gasteiger partial charge in [0.2, 0.25) is 5.78 Å². The van der Waals surface area contributed by atoms with Gasteiger partial charge in [0.1, 0.15) is 5.82 Å². The fraction of sp³-hybridized carbons (Fsp3) is 0.457. The van der Waals surface area contributed by atoms with Crippen molar-refractivity contribution in [3.63, 3.8) is 0 Å². The van der Waals surface area contributed by atoms with Gasteiger partial charge < -0.3 is 9.84 Å². The van der Waals surface area contributed by atoms with Crippen molar-refractivity contribution >= 4 is 57.2 Å². The number of hydrogen-bond acceptors (Lipinski definition) is 8. The van der Waals surface area contributed by atoms with E-state index < -0.39 is 11.4 Å². The van der Waals surface area contributed by atoms with Gasteiger partial charge in [-0.05, 0) is 76.5 Å². The minimum atomic E-state index is -0.915. The standard InChI is InChI=1S/C35H42N6O5.K/c1-6-9-30-29(20-23-12-14-24(15-13-23)27-10-7-8-11-28(27)31-37-34(43)46-39-31)32(42)40(33-36-22(3)38-41(30)33)25-16-18-26(19-17-25)45-21(2)35(4,5)44;/h7-8,10-15,21,25-26,44H,6,9,16-20H2,1-5H3,(H,37,39,43);. The molecule has 3 aromatic heterocycles. The van der Waals surface area contributed by atoms with Gasteiger partial charge in [-0.1, -0.05) is 67.0 Å². The smallest absolute Gasteiger partial charge is 0.388 e. The maximum Gasteiger partial charge on any atom is 0.439 e. The molecule has 1 unspecified atom stereocenters. The summed E-state index contributed by atoms with van der Waals surface area (Å²) in [4.78, 5) is 33.4. The van der Waals surface area contributed by atoms with Crippen LogP contribution in [0.25, 0.3) is 28.3 Å². The van der Waals surface area contributed by atoms with Gasteiger partial charge in [0.05, 0.1) is 23.5 Å². The number of fused-ring (bicyclic) bond motifs is 1. The van der Waals surface area contributed by atoms with Gasteiger partial charge in [0, 0.05) is 75.0 Å². The topological polar surface area (TPSA) is 141 Å². The molecule has 1 aliphatic carbocycles. The van der Waals surface area contributed by atoms with Gasteiger partial charge in [-0.2, -0.15) is 10.1 Å². The van der Waals surface area contributed by atoms with Crippen LogP contribution in [0.5, 0.6) is 0 Å². The molecule has 12 heteroatoms. The van der Waals surface area contributed by atoms with Gasteiger partial charge in [0.25, 0.3) is 5.56 Å². The Morgan fingerprint density at radius 1 is 1.06 bits per heavy atom. The third-order valence-corrected chi connectivity index (χ3v) is 9.15. The van der Waals surface area contributed by atoms with E-state index in [2.05, 4.69) is 17.1 Å². The Hall–Kier alpha value is -2.71. The first-order valence-corrected chi connectivity index (χ1v) is 16.2. The summed E-state index contributed by atoms with van der Waals surface area (Å²) in [5.41, 5.74) is 4.34. The molecule has 1 atom stereocenters. The molecule has 3 heterocycles. The molecule has 1 fully saturated rings. The summed E-state index contributed by atoms with van der Waals surface area (Å²) < 4.78 is 14.7. The molecule has 11 nitrogen and oxygen atoms in total. The number of aryl methyl sites for hydroxylation is 2. The summed E-state index contributed by atoms with van der Waals surface area (Å²) >= 11 is 0. The molecule has 1 aliphatic rings. The summed E-state index contributed by atoms with van der Waals surface area (Å²) in [6.07, 6.45) is 4.95. The molecule has 0 saturated heterocycles. The molecule has 0 amide bonds. The minimum absolute atomic E-state index is 0. The van der Waals surface area contributed by atoms with Crippen molar-refractivity contribution in [1.82, 2.24) is 29.3 Å². The van der Waals surface area contributed by atoms with E-state index in [4.69, 9.17) is 19.3 Å². The van der Waals surface area contributed by atoms with Crippen LogP contribution in [0.1, 0.15) is 88.5 Å². The predicted molar refractivity (Wildman–Crippen MR) is 181 cm³/mol. The van der Waals surface area contributed by atoms with Crippen LogP contribution in [-0.4, -0.2) is 104 Å². The molecule has 243 valence electrons. The van der Waals surface area contributed by atoms with E-state index in [0.717, 1.165) is 65.6 Å². The van der Waals surface area contributed by atoms with Gasteiger partial charge >= 0.3 is 5.76 Å². The van der Waals surface area contributed by atoms with Gasteiger partial charge in [-0.25, -0.2) is 9.31 Å². The Morgan fingerprint density at radius 2 is 1.74 bits per heavy atom. The first-order valence-electron chi connectivity index (χ1n) is 16.2. The van der Waals surface area contributed by atoms with Crippen LogP contribution in [0, 0.1) is 6.92 Å². The summed E-state index contributed by atoms with van der Waals surface area (Å²) in [5.74, 6) is 1.00. The molecule has 47 heavy (non-hydrogen) atoms. The van der Waals surface area contributed by atoms with Crippen LogP contribution in [0.15, 0.2) is 62.6 Å². The zero-order valence-electron chi connectivity index (χ0n) is 28.1. The maximum atomic E-state index is 14.4. The van der Waals surface area contributed by atoms with Crippen molar-refractivity contribution in [2.75, 3.05) is 0 Å². The molecule has 0 aliphatic heterocycles. The number of aromatic nitrogens is 6. The Morgan fingerprint density at radius 3 is 2.36 bits per heavy atom. The molecule has 1 saturated carbocycles. The van der Waals surface area contributed by atoms with Crippen molar-refractivity contribution < 1.29 is 14.4 Å². The molecule has 0 spiro atoms. The van der Waals surface area contributed by atoms with E-state index in [1.807, 2.05) is 71.5 Å². The largest absolute Gasteiger partial charge is 0.439 e. The number of ether oxygens (including phenoxy) is 1. The molecule has 2 N–H and O–H groups in total. The van der Waals surface area contributed by atoms with Crippen molar-refractivity contribution in [3.8, 4) is 22.5 Å². The number of benzene rings is 2. The minimum Gasteiger partial charge on any atom is -0.388 e. The second-order valence-electron chi connectivity index (χ2n) is 12.9. The van der Waals surface area contributed by atoms with Gasteiger partial charge in [0.15, 0.2) is 5.82 Å². The quantitative estimate of drug-likeness (QED) is 0.198. The van der Waals surface area contributed by atoms with Crippen LogP contribution in [0.2, 0.25) is 0 Å². The van der Waals surface area contributed by atoms with Crippen LogP contribution in [-0.2, 0) is 17.6 Å². The molecular weight excluding hydrogens is 624 g/mol. The molecule has 2 aromatic carbocycles. The number of H-pyrrole nitrogens is 1. The Bertz CT molecular complexity index is 1940. The zero-order valence-corrected chi connectivity index (χ0v) is 31.2. The van der Waals surface area contributed by atoms with E-state index in [0.29, 0.717) is 30.3 Å². The summed E-state index contributed by atoms with van der Waals surface area (Å²) in [7, 11) is 0. The Labute approximate surface area is 316 Å². The van der Waals surface area contributed by atoms with E-state index >= 15 is 0 Å². The van der Waals surface area contributed by atoms with Crippen molar-refractivity contribution in [2.24, 2.45) is 0 Å². The van der Waals surface area contributed by atoms with Gasteiger partial charge in [-0.3, -0.25) is 18.9 Å². The normalized spacial score (nSPS) is 17.5. The second kappa shape index (κ2) is 14.8. The van der Waals surface area contributed by atoms with E-state index in [9.17, 15) is 14.7 Å². The summed E-state index contributed by atoms with van der Waals surface area (Å²) in [5, 5.41) is 19.0. The monoisotopic (exact) mass is 665 g/mol. The predicted octanol–water partition coefficient (Wildman–Crippen LogP) is 5.03.